The van der Waals surface area contributed by atoms with Crippen LogP contribution in [0.5, 0.6) is 6.01 Å². The Morgan fingerprint density at radius 3 is 2.36 bits per heavy atom. The molecule has 0 saturated heterocycles. The molecule has 0 aliphatic heterocycles. The minimum atomic E-state index is -0.666. The first kappa shape index (κ1) is 26.3. The van der Waals surface area contributed by atoms with Crippen LogP contribution in [0.1, 0.15) is 79.1 Å². The van der Waals surface area contributed by atoms with Crippen molar-refractivity contribution in [1.29, 1.82) is 0 Å². The second kappa shape index (κ2) is 15.0. The largest absolute Gasteiger partial charge is 0.447 e. The van der Waals surface area contributed by atoms with E-state index in [1.807, 2.05) is 30.3 Å². The summed E-state index contributed by atoms with van der Waals surface area (Å²) >= 11 is 0. The third-order valence-electron chi connectivity index (χ3n) is 5.75. The molecule has 0 fully saturated rings. The number of para-hydroxylation sites is 1. The van der Waals surface area contributed by atoms with Crippen molar-refractivity contribution in [2.45, 2.75) is 85.4 Å². The average Bonchev–Trinajstić information content (AvgIpc) is 2.84. The number of hydrogen-bond acceptors (Lipinski definition) is 7. The molecule has 0 aliphatic carbocycles. The van der Waals surface area contributed by atoms with E-state index in [1.165, 1.54) is 6.33 Å². The van der Waals surface area contributed by atoms with Crippen LogP contribution in [0.2, 0.25) is 0 Å². The van der Waals surface area contributed by atoms with Gasteiger partial charge in [0.05, 0.1) is 0 Å². The molecule has 1 aromatic heterocycles. The molecule has 0 amide bonds. The van der Waals surface area contributed by atoms with Gasteiger partial charge in [-0.15, -0.1) is 0 Å². The molecule has 0 aliphatic rings. The lowest BCUT2D eigenvalue weighted by Gasteiger charge is -2.28. The number of ether oxygens (including phenoxy) is 2. The van der Waals surface area contributed by atoms with Crippen molar-refractivity contribution < 1.29 is 14.3 Å². The Bertz CT molecular complexity index is 856. The zero-order valence-electron chi connectivity index (χ0n) is 20.4. The third kappa shape index (κ3) is 8.85. The van der Waals surface area contributed by atoms with E-state index in [-0.39, 0.29) is 17.8 Å². The van der Waals surface area contributed by atoms with E-state index in [9.17, 15) is 4.79 Å². The number of aromatic nitrogens is 3. The van der Waals surface area contributed by atoms with Crippen LogP contribution in [0, 0.1) is 11.8 Å². The first-order valence-electron chi connectivity index (χ1n) is 12.2. The van der Waals surface area contributed by atoms with E-state index in [4.69, 9.17) is 9.47 Å². The Balaban J connectivity index is 2.23. The first-order valence-corrected chi connectivity index (χ1v) is 12.2. The van der Waals surface area contributed by atoms with Crippen molar-refractivity contribution in [1.82, 2.24) is 15.0 Å². The van der Waals surface area contributed by atoms with Crippen LogP contribution in [0.3, 0.4) is 0 Å². The number of benzene rings is 1. The maximum absolute atomic E-state index is 11.8. The zero-order valence-corrected chi connectivity index (χ0v) is 20.4. The van der Waals surface area contributed by atoms with Gasteiger partial charge in [0.2, 0.25) is 12.2 Å². The first-order chi connectivity index (χ1) is 16.1. The topological polar surface area (TPSA) is 86.2 Å². The molecule has 33 heavy (non-hydrogen) atoms. The molecule has 180 valence electrons. The third-order valence-corrected chi connectivity index (χ3v) is 5.75. The molecule has 0 radical (unpaired) electrons. The second-order valence-corrected chi connectivity index (χ2v) is 8.21. The number of nitrogens with zero attached hydrogens (tertiary/aromatic N) is 3. The van der Waals surface area contributed by atoms with Crippen molar-refractivity contribution in [3.05, 3.63) is 42.4 Å². The summed E-state index contributed by atoms with van der Waals surface area (Å²) in [6.45, 7) is 8.47. The van der Waals surface area contributed by atoms with Crippen LogP contribution in [-0.2, 0) is 9.53 Å². The predicted octanol–water partition coefficient (Wildman–Crippen LogP) is 6.49. The lowest BCUT2D eigenvalue weighted by Crippen LogP contribution is -2.32. The number of hydrogen-bond donors (Lipinski definition) is 1. The van der Waals surface area contributed by atoms with E-state index in [0.29, 0.717) is 11.7 Å². The number of allylic oxidation sites excluding steroid dienone is 1. The number of nitrogens with one attached hydrogen (secondary N) is 1. The molecule has 1 aromatic carbocycles. The molecule has 0 saturated carbocycles. The lowest BCUT2D eigenvalue weighted by molar-refractivity contribution is -0.0992. The summed E-state index contributed by atoms with van der Waals surface area (Å²) in [5.41, 5.74) is 0.865. The zero-order chi connectivity index (χ0) is 23.9. The van der Waals surface area contributed by atoms with Gasteiger partial charge in [-0.2, -0.15) is 9.97 Å². The molecule has 1 heterocycles. The minimum Gasteiger partial charge on any atom is -0.447 e. The van der Waals surface area contributed by atoms with Crippen LogP contribution in [0.15, 0.2) is 42.4 Å². The second-order valence-electron chi connectivity index (χ2n) is 8.21. The van der Waals surface area contributed by atoms with Crippen molar-refractivity contribution in [3.8, 4) is 6.01 Å². The average molecular weight is 455 g/mol. The van der Waals surface area contributed by atoms with Crippen LogP contribution in [0.4, 0.5) is 11.6 Å². The molecule has 7 heteroatoms. The van der Waals surface area contributed by atoms with Crippen molar-refractivity contribution in [3.63, 3.8) is 0 Å². The molecular formula is C26H38N4O3. The molecule has 0 bridgehead atoms. The van der Waals surface area contributed by atoms with Crippen molar-refractivity contribution >= 4 is 17.6 Å². The Kier molecular flexibility index (Phi) is 12.0. The summed E-state index contributed by atoms with van der Waals surface area (Å²) in [7, 11) is 0. The molecule has 0 spiro atoms. The fraction of sp³-hybridized carbons (Fsp3) is 0.577. The summed E-state index contributed by atoms with van der Waals surface area (Å²) in [6, 6.07) is 9.82. The molecular weight excluding hydrogens is 416 g/mol. The van der Waals surface area contributed by atoms with Gasteiger partial charge in [0, 0.05) is 17.5 Å². The summed E-state index contributed by atoms with van der Waals surface area (Å²) in [5.74, 6) is 2.90. The van der Waals surface area contributed by atoms with Gasteiger partial charge in [-0.3, -0.25) is 0 Å². The summed E-state index contributed by atoms with van der Waals surface area (Å²) < 4.78 is 12.4. The number of carbonyl (C=O) groups excluding carboxylic acids is 1. The summed E-state index contributed by atoms with van der Waals surface area (Å²) in [4.78, 5) is 24.6. The van der Waals surface area contributed by atoms with Gasteiger partial charge < -0.3 is 14.8 Å². The molecule has 3 unspecified atom stereocenters. The van der Waals surface area contributed by atoms with Gasteiger partial charge in [-0.1, -0.05) is 71.6 Å². The van der Waals surface area contributed by atoms with Gasteiger partial charge in [0.15, 0.2) is 11.7 Å². The normalized spacial score (nSPS) is 13.5. The maximum Gasteiger partial charge on any atom is 0.324 e. The molecule has 1 N–H and O–H groups in total. The van der Waals surface area contributed by atoms with E-state index in [2.05, 4.69) is 53.9 Å². The standard InChI is InChI=1S/C26H38N4O3/c1-5-9-14-20(7-3)23(18-31)32-24(21(8-4)15-10-6-2)33-26-28-19-27-25(30-26)29-22-16-12-11-13-17-22/h11-13,16-17,19-21,24H,5-10,14-15H2,1-4H3,(H,27,28,29,30). The molecule has 2 rings (SSSR count). The van der Waals surface area contributed by atoms with Crippen LogP contribution >= 0.6 is 0 Å². The van der Waals surface area contributed by atoms with E-state index < -0.39 is 6.29 Å². The predicted molar refractivity (Wildman–Crippen MR) is 131 cm³/mol. The summed E-state index contributed by atoms with van der Waals surface area (Å²) in [5, 5.41) is 3.15. The fourth-order valence-corrected chi connectivity index (χ4v) is 3.67. The van der Waals surface area contributed by atoms with Gasteiger partial charge in [0.1, 0.15) is 6.33 Å². The highest BCUT2D eigenvalue weighted by molar-refractivity contribution is 5.52. The quantitative estimate of drug-likeness (QED) is 0.176. The number of rotatable bonds is 16. The van der Waals surface area contributed by atoms with Crippen molar-refractivity contribution in [2.24, 2.45) is 11.8 Å². The Labute approximate surface area is 198 Å². The van der Waals surface area contributed by atoms with E-state index in [0.717, 1.165) is 57.1 Å². The molecule has 3 atom stereocenters. The highest BCUT2D eigenvalue weighted by Gasteiger charge is 2.28. The number of anilines is 2. The molecule has 2 aromatic rings. The number of unbranched alkanes of at least 4 members (excludes halogenated alkanes) is 2. The Morgan fingerprint density at radius 1 is 1.00 bits per heavy atom. The Hall–Kier alpha value is -2.92. The van der Waals surface area contributed by atoms with Gasteiger partial charge >= 0.3 is 6.01 Å². The summed E-state index contributed by atoms with van der Waals surface area (Å²) in [6.07, 6.45) is 8.46. The van der Waals surface area contributed by atoms with Crippen LogP contribution < -0.4 is 10.1 Å². The minimum absolute atomic E-state index is 0.0332. The Morgan fingerprint density at radius 2 is 1.73 bits per heavy atom. The van der Waals surface area contributed by atoms with Crippen molar-refractivity contribution in [2.75, 3.05) is 5.32 Å². The monoisotopic (exact) mass is 454 g/mol. The van der Waals surface area contributed by atoms with Gasteiger partial charge in [-0.05, 0) is 37.8 Å². The van der Waals surface area contributed by atoms with Crippen LogP contribution in [-0.4, -0.2) is 27.2 Å². The highest BCUT2D eigenvalue weighted by atomic mass is 16.7. The SMILES string of the molecule is CCCCC(CC)C(=C=O)OC(Oc1ncnc(Nc2ccccc2)n1)C(CC)CCCC. The fourth-order valence-electron chi connectivity index (χ4n) is 3.67. The van der Waals surface area contributed by atoms with E-state index >= 15 is 0 Å². The highest BCUT2D eigenvalue weighted by Crippen LogP contribution is 2.28. The van der Waals surface area contributed by atoms with Gasteiger partial charge in [0.25, 0.3) is 0 Å². The lowest BCUT2D eigenvalue weighted by atomic mass is 9.96. The van der Waals surface area contributed by atoms with E-state index in [1.54, 1.807) is 0 Å². The smallest absolute Gasteiger partial charge is 0.324 e. The van der Waals surface area contributed by atoms with Gasteiger partial charge in [-0.25, -0.2) is 9.78 Å². The molecule has 7 nitrogen and oxygen atoms in total. The maximum atomic E-state index is 11.8. The van der Waals surface area contributed by atoms with Crippen LogP contribution in [0.25, 0.3) is 0 Å².